The molecule has 2 heterocycles. The van der Waals surface area contributed by atoms with Crippen LogP contribution in [0.5, 0.6) is 0 Å². The molecule has 7 heteroatoms. The smallest absolute Gasteiger partial charge is 0.183 e. The zero-order chi connectivity index (χ0) is 12.5. The maximum atomic E-state index is 9.02. The minimum absolute atomic E-state index is 0.0615. The van der Waals surface area contributed by atoms with Gasteiger partial charge in [-0.2, -0.15) is 0 Å². The molecule has 17 heavy (non-hydrogen) atoms. The van der Waals surface area contributed by atoms with Gasteiger partial charge in [-0.05, 0) is 20.3 Å². The highest BCUT2D eigenvalue weighted by molar-refractivity contribution is 9.10. The van der Waals surface area contributed by atoms with Gasteiger partial charge in [-0.15, -0.1) is 0 Å². The molecule has 0 atom stereocenters. The van der Waals surface area contributed by atoms with Crippen molar-refractivity contribution in [3.63, 3.8) is 0 Å². The van der Waals surface area contributed by atoms with Gasteiger partial charge in [0, 0.05) is 10.9 Å². The van der Waals surface area contributed by atoms with E-state index < -0.39 is 0 Å². The SMILES string of the molecule is CC(C)(Br)CCn1cnc2ncnc(NO)c21. The Morgan fingerprint density at radius 2 is 2.18 bits per heavy atom. The van der Waals surface area contributed by atoms with Gasteiger partial charge in [-0.1, -0.05) is 15.9 Å². The number of nitrogens with one attached hydrogen (secondary N) is 1. The van der Waals surface area contributed by atoms with Crippen molar-refractivity contribution in [1.29, 1.82) is 0 Å². The second kappa shape index (κ2) is 4.58. The van der Waals surface area contributed by atoms with Crippen LogP contribution in [0.4, 0.5) is 5.82 Å². The number of imidazole rings is 1. The number of hydrogen-bond acceptors (Lipinski definition) is 5. The molecule has 2 aromatic rings. The van der Waals surface area contributed by atoms with Crippen LogP contribution in [0.2, 0.25) is 0 Å². The van der Waals surface area contributed by atoms with E-state index in [2.05, 4.69) is 50.2 Å². The van der Waals surface area contributed by atoms with E-state index >= 15 is 0 Å². The summed E-state index contributed by atoms with van der Waals surface area (Å²) in [6.07, 6.45) is 4.00. The van der Waals surface area contributed by atoms with Crippen LogP contribution < -0.4 is 5.48 Å². The molecule has 0 fully saturated rings. The van der Waals surface area contributed by atoms with Gasteiger partial charge in [0.25, 0.3) is 0 Å². The number of nitrogens with zero attached hydrogens (tertiary/aromatic N) is 4. The number of hydrogen-bond donors (Lipinski definition) is 2. The maximum Gasteiger partial charge on any atom is 0.183 e. The van der Waals surface area contributed by atoms with Crippen molar-refractivity contribution < 1.29 is 5.21 Å². The Kier molecular flexibility index (Phi) is 3.30. The van der Waals surface area contributed by atoms with Crippen molar-refractivity contribution in [2.45, 2.75) is 31.1 Å². The Labute approximate surface area is 107 Å². The standard InChI is InChI=1S/C10H14BrN5O/c1-10(2,11)3-4-16-6-14-8-7(16)9(15-17)13-5-12-8/h5-6,17H,3-4H2,1-2H3,(H,12,13,15). The zero-order valence-electron chi connectivity index (χ0n) is 9.68. The molecule has 0 aliphatic rings. The van der Waals surface area contributed by atoms with Gasteiger partial charge in [0.2, 0.25) is 0 Å². The van der Waals surface area contributed by atoms with E-state index in [1.54, 1.807) is 6.33 Å². The summed E-state index contributed by atoms with van der Waals surface area (Å²) in [6, 6.07) is 0. The summed E-state index contributed by atoms with van der Waals surface area (Å²) in [4.78, 5) is 12.2. The molecule has 6 nitrogen and oxygen atoms in total. The molecule has 0 spiro atoms. The maximum absolute atomic E-state index is 9.02. The molecule has 92 valence electrons. The van der Waals surface area contributed by atoms with E-state index in [0.717, 1.165) is 13.0 Å². The van der Waals surface area contributed by atoms with Crippen molar-refractivity contribution in [3.05, 3.63) is 12.7 Å². The van der Waals surface area contributed by atoms with E-state index in [-0.39, 0.29) is 4.32 Å². The van der Waals surface area contributed by atoms with Gasteiger partial charge in [-0.3, -0.25) is 10.7 Å². The predicted molar refractivity (Wildman–Crippen MR) is 68.4 cm³/mol. The summed E-state index contributed by atoms with van der Waals surface area (Å²) >= 11 is 3.59. The lowest BCUT2D eigenvalue weighted by molar-refractivity contribution is 0.386. The first-order valence-electron chi connectivity index (χ1n) is 5.26. The van der Waals surface area contributed by atoms with Crippen LogP contribution in [0.25, 0.3) is 11.2 Å². The van der Waals surface area contributed by atoms with Gasteiger partial charge in [0.05, 0.1) is 6.33 Å². The minimum Gasteiger partial charge on any atom is -0.326 e. The van der Waals surface area contributed by atoms with Crippen molar-refractivity contribution in [3.8, 4) is 0 Å². The summed E-state index contributed by atoms with van der Waals surface area (Å²) in [6.45, 7) is 4.98. The molecule has 2 N–H and O–H groups in total. The fourth-order valence-corrected chi connectivity index (χ4v) is 1.73. The van der Waals surface area contributed by atoms with Gasteiger partial charge in [0.15, 0.2) is 11.5 Å². The number of halogens is 1. The average Bonchev–Trinajstić information content (AvgIpc) is 2.68. The molecule has 0 aliphatic carbocycles. The summed E-state index contributed by atoms with van der Waals surface area (Å²) in [5.74, 6) is 0.375. The summed E-state index contributed by atoms with van der Waals surface area (Å²) in [7, 11) is 0. The molecule has 0 unspecified atom stereocenters. The summed E-state index contributed by atoms with van der Waals surface area (Å²) < 4.78 is 1.99. The number of aryl methyl sites for hydroxylation is 1. The van der Waals surface area contributed by atoms with Gasteiger partial charge in [0.1, 0.15) is 11.8 Å². The molecular weight excluding hydrogens is 286 g/mol. The van der Waals surface area contributed by atoms with Crippen LogP contribution >= 0.6 is 15.9 Å². The van der Waals surface area contributed by atoms with Gasteiger partial charge < -0.3 is 4.57 Å². The van der Waals surface area contributed by atoms with Gasteiger partial charge in [-0.25, -0.2) is 15.0 Å². The van der Waals surface area contributed by atoms with Crippen molar-refractivity contribution in [2.24, 2.45) is 0 Å². The fraction of sp³-hybridized carbons (Fsp3) is 0.500. The molecule has 0 bridgehead atoms. The molecule has 2 aromatic heterocycles. The molecule has 0 aromatic carbocycles. The highest BCUT2D eigenvalue weighted by Gasteiger charge is 2.15. The molecule has 2 rings (SSSR count). The van der Waals surface area contributed by atoms with Gasteiger partial charge >= 0.3 is 0 Å². The first-order chi connectivity index (χ1) is 8.01. The topological polar surface area (TPSA) is 75.9 Å². The van der Waals surface area contributed by atoms with Crippen LogP contribution in [0.1, 0.15) is 20.3 Å². The highest BCUT2D eigenvalue weighted by atomic mass is 79.9. The largest absolute Gasteiger partial charge is 0.326 e. The molecule has 0 saturated heterocycles. The number of fused-ring (bicyclic) bond motifs is 1. The molecular formula is C10H14BrN5O. The third-order valence-corrected chi connectivity index (χ3v) is 2.86. The second-order valence-electron chi connectivity index (χ2n) is 4.41. The van der Waals surface area contributed by atoms with Crippen LogP contribution in [0, 0.1) is 0 Å². The van der Waals surface area contributed by atoms with Crippen LogP contribution in [-0.2, 0) is 6.54 Å². The zero-order valence-corrected chi connectivity index (χ0v) is 11.3. The van der Waals surface area contributed by atoms with Crippen LogP contribution in [0.15, 0.2) is 12.7 Å². The van der Waals surface area contributed by atoms with E-state index in [0.29, 0.717) is 17.0 Å². The Hall–Kier alpha value is -1.21. The highest BCUT2D eigenvalue weighted by Crippen LogP contribution is 2.24. The van der Waals surface area contributed by atoms with E-state index in [1.807, 2.05) is 4.57 Å². The number of rotatable bonds is 4. The molecule has 0 radical (unpaired) electrons. The Balaban J connectivity index is 2.34. The lowest BCUT2D eigenvalue weighted by atomic mass is 10.1. The Morgan fingerprint density at radius 3 is 2.82 bits per heavy atom. The lowest BCUT2D eigenvalue weighted by Gasteiger charge is -2.16. The second-order valence-corrected chi connectivity index (χ2v) is 6.56. The first kappa shape index (κ1) is 12.3. The van der Waals surface area contributed by atoms with Crippen molar-refractivity contribution in [1.82, 2.24) is 19.5 Å². The lowest BCUT2D eigenvalue weighted by Crippen LogP contribution is -2.13. The normalized spacial score (nSPS) is 12.0. The molecule has 0 amide bonds. The van der Waals surface area contributed by atoms with Crippen molar-refractivity contribution >= 4 is 32.9 Å². The number of anilines is 1. The molecule has 0 aliphatic heterocycles. The third kappa shape index (κ3) is 2.73. The Morgan fingerprint density at radius 1 is 1.41 bits per heavy atom. The van der Waals surface area contributed by atoms with E-state index in [4.69, 9.17) is 5.21 Å². The Bertz CT molecular complexity index is 519. The fourth-order valence-electron chi connectivity index (χ4n) is 1.55. The first-order valence-corrected chi connectivity index (χ1v) is 6.05. The molecule has 0 saturated carbocycles. The van der Waals surface area contributed by atoms with Crippen LogP contribution in [-0.4, -0.2) is 29.1 Å². The van der Waals surface area contributed by atoms with Crippen LogP contribution in [0.3, 0.4) is 0 Å². The monoisotopic (exact) mass is 299 g/mol. The summed E-state index contributed by atoms with van der Waals surface area (Å²) in [5, 5.41) is 9.02. The number of alkyl halides is 1. The summed E-state index contributed by atoms with van der Waals surface area (Å²) in [5.41, 5.74) is 3.36. The number of aromatic nitrogens is 4. The van der Waals surface area contributed by atoms with E-state index in [1.165, 1.54) is 6.33 Å². The van der Waals surface area contributed by atoms with E-state index in [9.17, 15) is 0 Å². The minimum atomic E-state index is 0.0615. The average molecular weight is 300 g/mol. The third-order valence-electron chi connectivity index (χ3n) is 2.46. The predicted octanol–water partition coefficient (Wildman–Crippen LogP) is 2.19. The van der Waals surface area contributed by atoms with Crippen molar-refractivity contribution in [2.75, 3.05) is 5.48 Å². The quantitative estimate of drug-likeness (QED) is 0.668.